The summed E-state index contributed by atoms with van der Waals surface area (Å²) >= 11 is 2.39. The average Bonchev–Trinajstić information content (AvgIpc) is 3.24. The number of thioether (sulfide) groups is 1. The third kappa shape index (κ3) is 5.21. The summed E-state index contributed by atoms with van der Waals surface area (Å²) in [7, 11) is 0. The summed E-state index contributed by atoms with van der Waals surface area (Å²) in [5.41, 5.74) is 0.998. The molecule has 1 aliphatic heterocycles. The first-order chi connectivity index (χ1) is 13.0. The van der Waals surface area contributed by atoms with Gasteiger partial charge in [-0.3, -0.25) is 19.3 Å². The molecule has 0 spiro atoms. The standard InChI is InChI=1S/C19H18N2O4S2/c22-14-5-3-13(4-6-14)7-9-20-17(23)8-10-21-18(24)16(27-19(21)25)12-15-2-1-11-26-15/h1-6,11-12,22H,7-10H2,(H,20,23). The van der Waals surface area contributed by atoms with Crippen LogP contribution in [-0.2, 0) is 16.0 Å². The van der Waals surface area contributed by atoms with Crippen LogP contribution in [0.3, 0.4) is 0 Å². The molecular weight excluding hydrogens is 384 g/mol. The van der Waals surface area contributed by atoms with Crippen molar-refractivity contribution in [2.24, 2.45) is 0 Å². The van der Waals surface area contributed by atoms with Crippen molar-refractivity contribution in [1.82, 2.24) is 10.2 Å². The van der Waals surface area contributed by atoms with Crippen molar-refractivity contribution in [3.8, 4) is 5.75 Å². The van der Waals surface area contributed by atoms with E-state index in [1.54, 1.807) is 30.3 Å². The zero-order chi connectivity index (χ0) is 19.2. The summed E-state index contributed by atoms with van der Waals surface area (Å²) in [5, 5.41) is 13.6. The molecule has 1 fully saturated rings. The molecular formula is C19H18N2O4S2. The Morgan fingerprint density at radius 3 is 2.67 bits per heavy atom. The van der Waals surface area contributed by atoms with Crippen LogP contribution in [0.15, 0.2) is 46.7 Å². The van der Waals surface area contributed by atoms with Crippen LogP contribution in [0.25, 0.3) is 6.08 Å². The van der Waals surface area contributed by atoms with Gasteiger partial charge in [0.1, 0.15) is 5.75 Å². The second-order valence-corrected chi connectivity index (χ2v) is 7.84. The number of rotatable bonds is 7. The molecule has 3 amide bonds. The van der Waals surface area contributed by atoms with Gasteiger partial charge in [0.2, 0.25) is 5.91 Å². The highest BCUT2D eigenvalue weighted by Gasteiger charge is 2.35. The first kappa shape index (κ1) is 19.2. The molecule has 1 saturated heterocycles. The molecule has 27 heavy (non-hydrogen) atoms. The molecule has 0 unspecified atom stereocenters. The van der Waals surface area contributed by atoms with E-state index in [0.717, 1.165) is 27.1 Å². The number of phenols is 1. The third-order valence-electron chi connectivity index (χ3n) is 3.92. The fourth-order valence-corrected chi connectivity index (χ4v) is 4.09. The van der Waals surface area contributed by atoms with Gasteiger partial charge in [-0.2, -0.15) is 0 Å². The number of benzene rings is 1. The van der Waals surface area contributed by atoms with Crippen LogP contribution in [0.5, 0.6) is 5.75 Å². The molecule has 140 valence electrons. The number of carbonyl (C=O) groups excluding carboxylic acids is 3. The molecule has 2 aromatic rings. The molecule has 1 aliphatic rings. The molecule has 1 aromatic heterocycles. The number of imide groups is 1. The lowest BCUT2D eigenvalue weighted by Crippen LogP contribution is -2.34. The number of nitrogens with one attached hydrogen (secondary N) is 1. The highest BCUT2D eigenvalue weighted by molar-refractivity contribution is 8.18. The highest BCUT2D eigenvalue weighted by Crippen LogP contribution is 2.32. The molecule has 0 aliphatic carbocycles. The summed E-state index contributed by atoms with van der Waals surface area (Å²) in [6, 6.07) is 10.5. The van der Waals surface area contributed by atoms with E-state index in [9.17, 15) is 19.5 Å². The molecule has 6 nitrogen and oxygen atoms in total. The maximum absolute atomic E-state index is 12.3. The lowest BCUT2D eigenvalue weighted by Gasteiger charge is -2.12. The predicted molar refractivity (Wildman–Crippen MR) is 106 cm³/mol. The van der Waals surface area contributed by atoms with Gasteiger partial charge in [-0.1, -0.05) is 18.2 Å². The van der Waals surface area contributed by atoms with E-state index >= 15 is 0 Å². The molecule has 0 radical (unpaired) electrons. The Morgan fingerprint density at radius 2 is 1.96 bits per heavy atom. The van der Waals surface area contributed by atoms with Crippen LogP contribution < -0.4 is 5.32 Å². The Morgan fingerprint density at radius 1 is 1.19 bits per heavy atom. The van der Waals surface area contributed by atoms with Crippen LogP contribution in [0.1, 0.15) is 16.9 Å². The van der Waals surface area contributed by atoms with E-state index in [-0.39, 0.29) is 35.8 Å². The van der Waals surface area contributed by atoms with E-state index in [1.165, 1.54) is 11.3 Å². The maximum Gasteiger partial charge on any atom is 0.293 e. The molecule has 8 heteroatoms. The van der Waals surface area contributed by atoms with Gasteiger partial charge in [0, 0.05) is 24.4 Å². The minimum atomic E-state index is -0.352. The molecule has 0 atom stereocenters. The molecule has 0 bridgehead atoms. The van der Waals surface area contributed by atoms with E-state index in [0.29, 0.717) is 17.9 Å². The maximum atomic E-state index is 12.3. The monoisotopic (exact) mass is 402 g/mol. The molecule has 3 rings (SSSR count). The Labute approximate surface area is 164 Å². The number of phenolic OH excluding ortho intramolecular Hbond substituents is 1. The fraction of sp³-hybridized carbons (Fsp3) is 0.211. The summed E-state index contributed by atoms with van der Waals surface area (Å²) in [6.07, 6.45) is 2.41. The zero-order valence-electron chi connectivity index (χ0n) is 14.4. The minimum Gasteiger partial charge on any atom is -0.508 e. The van der Waals surface area contributed by atoms with E-state index in [4.69, 9.17) is 0 Å². The smallest absolute Gasteiger partial charge is 0.293 e. The van der Waals surface area contributed by atoms with Crippen molar-refractivity contribution in [2.75, 3.05) is 13.1 Å². The fourth-order valence-electron chi connectivity index (χ4n) is 2.51. The minimum absolute atomic E-state index is 0.0670. The van der Waals surface area contributed by atoms with Crippen LogP contribution in [-0.4, -0.2) is 40.1 Å². The first-order valence-corrected chi connectivity index (χ1v) is 10.1. The van der Waals surface area contributed by atoms with E-state index < -0.39 is 0 Å². The largest absolute Gasteiger partial charge is 0.508 e. The quantitative estimate of drug-likeness (QED) is 0.695. The van der Waals surface area contributed by atoms with Gasteiger partial charge in [0.05, 0.1) is 4.91 Å². The van der Waals surface area contributed by atoms with Gasteiger partial charge in [-0.15, -0.1) is 11.3 Å². The Balaban J connectivity index is 1.45. The van der Waals surface area contributed by atoms with Gasteiger partial charge < -0.3 is 10.4 Å². The number of nitrogens with zero attached hydrogens (tertiary/aromatic N) is 1. The summed E-state index contributed by atoms with van der Waals surface area (Å²) in [6.45, 7) is 0.515. The number of aromatic hydroxyl groups is 1. The summed E-state index contributed by atoms with van der Waals surface area (Å²) in [4.78, 5) is 38.8. The summed E-state index contributed by atoms with van der Waals surface area (Å²) in [5.74, 6) is -0.363. The molecule has 0 saturated carbocycles. The van der Waals surface area contributed by atoms with E-state index in [1.807, 2.05) is 17.5 Å². The number of amides is 3. The van der Waals surface area contributed by atoms with Crippen molar-refractivity contribution in [1.29, 1.82) is 0 Å². The lowest BCUT2D eigenvalue weighted by atomic mass is 10.1. The van der Waals surface area contributed by atoms with Crippen LogP contribution >= 0.6 is 23.1 Å². The first-order valence-electron chi connectivity index (χ1n) is 8.36. The van der Waals surface area contributed by atoms with Crippen molar-refractivity contribution in [3.05, 3.63) is 57.1 Å². The van der Waals surface area contributed by atoms with Gasteiger partial charge in [-0.05, 0) is 53.4 Å². The number of carbonyl (C=O) groups is 3. The normalized spacial score (nSPS) is 15.6. The van der Waals surface area contributed by atoms with Crippen LogP contribution in [0.2, 0.25) is 0 Å². The van der Waals surface area contributed by atoms with Crippen molar-refractivity contribution in [3.63, 3.8) is 0 Å². The molecule has 1 aromatic carbocycles. The van der Waals surface area contributed by atoms with Gasteiger partial charge in [0.15, 0.2) is 0 Å². The van der Waals surface area contributed by atoms with Crippen LogP contribution in [0.4, 0.5) is 4.79 Å². The Bertz CT molecular complexity index is 860. The predicted octanol–water partition coefficient (Wildman–Crippen LogP) is 3.24. The summed E-state index contributed by atoms with van der Waals surface area (Å²) < 4.78 is 0. The second-order valence-electron chi connectivity index (χ2n) is 5.87. The lowest BCUT2D eigenvalue weighted by molar-refractivity contribution is -0.124. The molecule has 2 N–H and O–H groups in total. The van der Waals surface area contributed by atoms with Crippen molar-refractivity contribution < 1.29 is 19.5 Å². The topological polar surface area (TPSA) is 86.7 Å². The second kappa shape index (κ2) is 8.88. The number of thiophene rings is 1. The SMILES string of the molecule is O=C(CCN1C(=O)SC(=Cc2cccs2)C1=O)NCCc1ccc(O)cc1. The van der Waals surface area contributed by atoms with Crippen molar-refractivity contribution >= 4 is 46.2 Å². The number of hydrogen-bond donors (Lipinski definition) is 2. The van der Waals surface area contributed by atoms with Gasteiger partial charge >= 0.3 is 0 Å². The Hall–Kier alpha value is -2.58. The van der Waals surface area contributed by atoms with Crippen molar-refractivity contribution in [2.45, 2.75) is 12.8 Å². The number of hydrogen-bond acceptors (Lipinski definition) is 6. The molecule has 2 heterocycles. The van der Waals surface area contributed by atoms with E-state index in [2.05, 4.69) is 5.32 Å². The van der Waals surface area contributed by atoms with Gasteiger partial charge in [0.25, 0.3) is 11.1 Å². The zero-order valence-corrected chi connectivity index (χ0v) is 16.0. The highest BCUT2D eigenvalue weighted by atomic mass is 32.2. The van der Waals surface area contributed by atoms with Crippen LogP contribution in [0, 0.1) is 0 Å². The third-order valence-corrected chi connectivity index (χ3v) is 5.65. The van der Waals surface area contributed by atoms with Gasteiger partial charge in [-0.25, -0.2) is 0 Å². The Kier molecular flexibility index (Phi) is 6.31. The average molecular weight is 402 g/mol.